The van der Waals surface area contributed by atoms with Crippen LogP contribution in [0.1, 0.15) is 63.9 Å². The van der Waals surface area contributed by atoms with Gasteiger partial charge >= 0.3 is 227 Å². The first-order valence-electron chi connectivity index (χ1n) is 13.1. The van der Waals surface area contributed by atoms with Crippen molar-refractivity contribution >= 4 is 36.7 Å². The number of benzene rings is 4. The molecule has 0 nitrogen and oxygen atoms in total. The molecule has 36 heavy (non-hydrogen) atoms. The molecule has 0 spiro atoms. The summed E-state index contributed by atoms with van der Waals surface area (Å²) in [6.07, 6.45) is 0. The second-order valence-electron chi connectivity index (χ2n) is 11.7. The third kappa shape index (κ3) is 3.35. The zero-order valence-electron chi connectivity index (χ0n) is 22.4. The molecule has 0 bridgehead atoms. The molecule has 186 valence electrons. The molecule has 0 saturated carbocycles. The van der Waals surface area contributed by atoms with Gasteiger partial charge in [0, 0.05) is 0 Å². The monoisotopic (exact) mass is 556 g/mol. The van der Waals surface area contributed by atoms with Gasteiger partial charge in [0.05, 0.1) is 0 Å². The average Bonchev–Trinajstić information content (AvgIpc) is 3.05. The van der Waals surface area contributed by atoms with Gasteiger partial charge in [-0.3, -0.25) is 0 Å². The summed E-state index contributed by atoms with van der Waals surface area (Å²) in [5.41, 5.74) is 4.93. The molecule has 0 radical (unpaired) electrons. The Hall–Kier alpha value is -2.21. The van der Waals surface area contributed by atoms with Gasteiger partial charge < -0.3 is 0 Å². The number of fused-ring (bicyclic) bond motifs is 1. The third-order valence-corrected chi connectivity index (χ3v) is 20.8. The van der Waals surface area contributed by atoms with Crippen molar-refractivity contribution < 1.29 is 0 Å². The number of hydrogen-bond donors (Lipinski definition) is 0. The maximum absolute atomic E-state index is 4.69. The molecule has 0 amide bonds. The van der Waals surface area contributed by atoms with E-state index in [1.54, 1.807) is 0 Å². The van der Waals surface area contributed by atoms with E-state index in [0.29, 0.717) is 5.92 Å². The van der Waals surface area contributed by atoms with Crippen molar-refractivity contribution in [1.82, 2.24) is 0 Å². The van der Waals surface area contributed by atoms with Crippen LogP contribution in [0.2, 0.25) is 0 Å². The van der Waals surface area contributed by atoms with Gasteiger partial charge in [-0.05, 0) is 0 Å². The van der Waals surface area contributed by atoms with Crippen molar-refractivity contribution in [3.63, 3.8) is 0 Å². The first-order chi connectivity index (χ1) is 17.0. The molecule has 0 heterocycles. The molecule has 1 aliphatic rings. The van der Waals surface area contributed by atoms with E-state index in [9.17, 15) is 0 Å². The van der Waals surface area contributed by atoms with Gasteiger partial charge in [-0.25, -0.2) is 0 Å². The second kappa shape index (κ2) is 8.68. The first kappa shape index (κ1) is 25.4. The zero-order chi connectivity index (χ0) is 25.8. The van der Waals surface area contributed by atoms with Gasteiger partial charge in [0.15, 0.2) is 0 Å². The van der Waals surface area contributed by atoms with Crippen molar-refractivity contribution in [3.05, 3.63) is 126 Å². The minimum atomic E-state index is -3.11. The van der Waals surface area contributed by atoms with Crippen LogP contribution in [-0.2, 0) is 10.8 Å². The Labute approximate surface area is 225 Å². The van der Waals surface area contributed by atoms with E-state index in [1.165, 1.54) is 32.6 Å². The first-order valence-corrected chi connectivity index (χ1v) is 17.4. The third-order valence-electron chi connectivity index (χ3n) is 9.59. The van der Waals surface area contributed by atoms with Crippen molar-refractivity contribution in [2.45, 2.75) is 58.0 Å². The van der Waals surface area contributed by atoms with Crippen LogP contribution >= 0.6 is 20.8 Å². The second-order valence-corrected chi connectivity index (χ2v) is 20.6. The van der Waals surface area contributed by atoms with Gasteiger partial charge in [-0.2, -0.15) is 0 Å². The fraction of sp³-hybridized carbons (Fsp3) is 0.294. The van der Waals surface area contributed by atoms with Crippen molar-refractivity contribution in [2.24, 2.45) is 5.92 Å². The molecular weight excluding hydrogens is 519 g/mol. The van der Waals surface area contributed by atoms with Gasteiger partial charge in [-0.1, -0.05) is 0 Å². The van der Waals surface area contributed by atoms with Crippen LogP contribution in [-0.4, -0.2) is 0 Å². The van der Waals surface area contributed by atoms with E-state index in [1.807, 2.05) is 0 Å². The SMILES string of the molecule is CC1C(C)(C)c2ccc(C(C)P(Br)(c3ccccc3)(c3ccccc3)c3ccccc3)cc2C1(C)C. The van der Waals surface area contributed by atoms with Crippen LogP contribution in [0.5, 0.6) is 0 Å². The van der Waals surface area contributed by atoms with E-state index in [0.717, 1.165) is 0 Å². The Morgan fingerprint density at radius 3 is 1.42 bits per heavy atom. The van der Waals surface area contributed by atoms with Gasteiger partial charge in [0.1, 0.15) is 0 Å². The summed E-state index contributed by atoms with van der Waals surface area (Å²) in [5, 5.41) is 0.974. The summed E-state index contributed by atoms with van der Waals surface area (Å²) in [6.45, 7) is 14.6. The van der Waals surface area contributed by atoms with E-state index >= 15 is 0 Å². The van der Waals surface area contributed by atoms with Crippen molar-refractivity contribution in [2.75, 3.05) is 0 Å². The molecule has 2 heteroatoms. The van der Waals surface area contributed by atoms with Gasteiger partial charge in [0.25, 0.3) is 0 Å². The van der Waals surface area contributed by atoms with E-state index in [-0.39, 0.29) is 16.5 Å². The summed E-state index contributed by atoms with van der Waals surface area (Å²) in [4.78, 5) is 0. The van der Waals surface area contributed by atoms with Crippen LogP contribution in [0.15, 0.2) is 109 Å². The fourth-order valence-corrected chi connectivity index (χ4v) is 14.9. The number of rotatable bonds is 5. The summed E-state index contributed by atoms with van der Waals surface area (Å²) >= 11 is 4.69. The van der Waals surface area contributed by atoms with Crippen LogP contribution < -0.4 is 15.9 Å². The fourth-order valence-electron chi connectivity index (χ4n) is 6.84. The predicted molar refractivity (Wildman–Crippen MR) is 164 cm³/mol. The minimum absolute atomic E-state index is 0.129. The number of hydrogen-bond acceptors (Lipinski definition) is 0. The molecule has 0 saturated heterocycles. The van der Waals surface area contributed by atoms with Crippen molar-refractivity contribution in [3.8, 4) is 0 Å². The topological polar surface area (TPSA) is 0 Å². The normalized spacial score (nSPS) is 20.2. The van der Waals surface area contributed by atoms with E-state index in [2.05, 4.69) is 151 Å². The Morgan fingerprint density at radius 2 is 1.00 bits per heavy atom. The Kier molecular flexibility index (Phi) is 6.13. The maximum atomic E-state index is 4.69. The number of halogens is 1. The quantitative estimate of drug-likeness (QED) is 0.215. The Morgan fingerprint density at radius 1 is 0.611 bits per heavy atom. The molecule has 2 atom stereocenters. The molecule has 5 rings (SSSR count). The molecule has 1 aliphatic carbocycles. The molecular formula is C34H38BrP. The zero-order valence-corrected chi connectivity index (χ0v) is 24.9. The molecule has 2 unspecified atom stereocenters. The molecule has 0 fully saturated rings. The molecule has 4 aromatic rings. The van der Waals surface area contributed by atoms with Gasteiger partial charge in [-0.15, -0.1) is 0 Å². The van der Waals surface area contributed by atoms with Crippen LogP contribution in [0.3, 0.4) is 0 Å². The summed E-state index contributed by atoms with van der Waals surface area (Å²) in [6, 6.07) is 40.8. The summed E-state index contributed by atoms with van der Waals surface area (Å²) < 4.78 is 0. The van der Waals surface area contributed by atoms with Crippen LogP contribution in [0, 0.1) is 5.92 Å². The molecule has 0 N–H and O–H groups in total. The molecule has 4 aromatic carbocycles. The van der Waals surface area contributed by atoms with E-state index in [4.69, 9.17) is 15.5 Å². The summed E-state index contributed by atoms with van der Waals surface area (Å²) in [7, 11) is 0. The van der Waals surface area contributed by atoms with Crippen molar-refractivity contribution in [1.29, 1.82) is 0 Å². The predicted octanol–water partition coefficient (Wildman–Crippen LogP) is 8.79. The van der Waals surface area contributed by atoms with Crippen LogP contribution in [0.25, 0.3) is 0 Å². The summed E-state index contributed by atoms with van der Waals surface area (Å²) in [5.74, 6) is 0.571. The average molecular weight is 558 g/mol. The van der Waals surface area contributed by atoms with Gasteiger partial charge in [0.2, 0.25) is 0 Å². The van der Waals surface area contributed by atoms with Crippen LogP contribution in [0.4, 0.5) is 0 Å². The standard InChI is InChI=1S/C34H38BrP/c1-25(27-22-23-31-32(24-27)34(5,6)26(2)33(31,3)4)36(35,28-16-10-7-11-17-28,29-18-12-8-13-19-29)30-20-14-9-15-21-30/h7-26H,1-6H3. The van der Waals surface area contributed by atoms with E-state index < -0.39 is 5.31 Å². The molecule has 0 aromatic heterocycles. The Bertz CT molecular complexity index is 1270. The Balaban J connectivity index is 1.85. The molecule has 0 aliphatic heterocycles.